The summed E-state index contributed by atoms with van der Waals surface area (Å²) in [4.78, 5) is 17.1. The van der Waals surface area contributed by atoms with Crippen LogP contribution in [0.5, 0.6) is 0 Å². The van der Waals surface area contributed by atoms with Gasteiger partial charge in [-0.15, -0.1) is 11.3 Å². The summed E-state index contributed by atoms with van der Waals surface area (Å²) in [6.45, 7) is 0. The van der Waals surface area contributed by atoms with Crippen molar-refractivity contribution in [3.05, 3.63) is 211 Å². The van der Waals surface area contributed by atoms with Gasteiger partial charge in [-0.3, -0.25) is 4.99 Å². The van der Waals surface area contributed by atoms with Crippen molar-refractivity contribution in [3.63, 3.8) is 0 Å². The predicted molar refractivity (Wildman–Crippen MR) is 230 cm³/mol. The number of aliphatic imine (C=N–C) groups is 1. The first-order chi connectivity index (χ1) is 27.2. The molecule has 5 heteroatoms. The Balaban J connectivity index is 1.19. The number of benzene rings is 7. The third-order valence-electron chi connectivity index (χ3n) is 10.1. The largest absolute Gasteiger partial charge is 0.360 e. The maximum absolute atomic E-state index is 5.40. The summed E-state index contributed by atoms with van der Waals surface area (Å²) in [6.07, 6.45) is 1.79. The molecule has 10 rings (SSSR count). The number of thiophene rings is 1. The van der Waals surface area contributed by atoms with Crippen LogP contribution in [0.25, 0.3) is 70.9 Å². The van der Waals surface area contributed by atoms with Crippen molar-refractivity contribution in [1.82, 2.24) is 15.3 Å². The van der Waals surface area contributed by atoms with Crippen molar-refractivity contribution < 1.29 is 0 Å². The van der Waals surface area contributed by atoms with E-state index >= 15 is 0 Å². The van der Waals surface area contributed by atoms with Gasteiger partial charge in [0.1, 0.15) is 11.0 Å². The summed E-state index contributed by atoms with van der Waals surface area (Å²) in [5.74, 6) is 0.683. The van der Waals surface area contributed by atoms with E-state index in [1.54, 1.807) is 11.3 Å². The van der Waals surface area contributed by atoms with Crippen LogP contribution < -0.4 is 5.32 Å². The highest BCUT2D eigenvalue weighted by Crippen LogP contribution is 2.41. The first-order valence-electron chi connectivity index (χ1n) is 18.5. The number of aromatic nitrogens is 2. The summed E-state index contributed by atoms with van der Waals surface area (Å²) in [7, 11) is 0. The van der Waals surface area contributed by atoms with E-state index in [9.17, 15) is 0 Å². The van der Waals surface area contributed by atoms with Crippen molar-refractivity contribution >= 4 is 43.0 Å². The Morgan fingerprint density at radius 2 is 1.02 bits per heavy atom. The number of hydrogen-bond acceptors (Lipinski definition) is 5. The summed E-state index contributed by atoms with van der Waals surface area (Å²) >= 11 is 1.71. The Hall–Kier alpha value is -6.95. The second kappa shape index (κ2) is 14.1. The zero-order valence-corrected chi connectivity index (χ0v) is 30.6. The molecule has 0 bridgehead atoms. The van der Waals surface area contributed by atoms with Crippen molar-refractivity contribution in [1.29, 1.82) is 0 Å². The van der Waals surface area contributed by atoms with E-state index in [4.69, 9.17) is 15.0 Å². The minimum atomic E-state index is -0.368. The van der Waals surface area contributed by atoms with Crippen LogP contribution in [0.15, 0.2) is 199 Å². The van der Waals surface area contributed by atoms with E-state index in [1.165, 1.54) is 15.6 Å². The lowest BCUT2D eigenvalue weighted by atomic mass is 9.94. The molecule has 1 atom stereocenters. The van der Waals surface area contributed by atoms with E-state index in [1.807, 2.05) is 18.2 Å². The molecule has 55 heavy (non-hydrogen) atoms. The van der Waals surface area contributed by atoms with Gasteiger partial charge in [-0.05, 0) is 75.4 Å². The van der Waals surface area contributed by atoms with E-state index < -0.39 is 0 Å². The van der Waals surface area contributed by atoms with Gasteiger partial charge in [0.25, 0.3) is 0 Å². The molecular weight excluding hydrogens is 689 g/mol. The highest BCUT2D eigenvalue weighted by Gasteiger charge is 2.23. The quantitative estimate of drug-likeness (QED) is 0.178. The third kappa shape index (κ3) is 6.41. The standard InChI is InChI=1S/C50H34N4S/c1-5-16-33(17-6-1)37-24-15-25-38(28-37)39-29-40(48-51-43(34-18-7-2-8-19-34)32-44(52-48)35-20-9-3-10-21-35)31-41(30-39)49-53-47(36-22-11-4-12-23-36)46-42-26-13-14-27-45(42)55-50(46)54-49/h1-32,48,51H. The minimum absolute atomic E-state index is 0.368. The van der Waals surface area contributed by atoms with Crippen LogP contribution >= 0.6 is 11.3 Å². The van der Waals surface area contributed by atoms with Gasteiger partial charge in [-0.1, -0.05) is 158 Å². The van der Waals surface area contributed by atoms with Gasteiger partial charge in [-0.25, -0.2) is 9.97 Å². The minimum Gasteiger partial charge on any atom is -0.360 e. The van der Waals surface area contributed by atoms with Gasteiger partial charge in [0.05, 0.1) is 11.4 Å². The van der Waals surface area contributed by atoms with E-state index in [0.29, 0.717) is 5.82 Å². The van der Waals surface area contributed by atoms with Gasteiger partial charge in [-0.2, -0.15) is 0 Å². The molecule has 0 saturated heterocycles. The number of fused-ring (bicyclic) bond motifs is 3. The van der Waals surface area contributed by atoms with Gasteiger partial charge in [0.2, 0.25) is 0 Å². The van der Waals surface area contributed by atoms with Gasteiger partial charge in [0.15, 0.2) is 5.82 Å². The third-order valence-corrected chi connectivity index (χ3v) is 11.2. The number of hydrogen-bond donors (Lipinski definition) is 1. The molecule has 1 aliphatic rings. The van der Waals surface area contributed by atoms with Gasteiger partial charge in [0, 0.05) is 32.3 Å². The summed E-state index contributed by atoms with van der Waals surface area (Å²) < 4.78 is 1.20. The molecule has 1 unspecified atom stereocenters. The second-order valence-electron chi connectivity index (χ2n) is 13.7. The van der Waals surface area contributed by atoms with Gasteiger partial charge >= 0.3 is 0 Å². The number of rotatable bonds is 7. The van der Waals surface area contributed by atoms with Crippen LogP contribution in [-0.2, 0) is 0 Å². The topological polar surface area (TPSA) is 50.2 Å². The summed E-state index contributed by atoms with van der Waals surface area (Å²) in [5, 5.41) is 6.06. The van der Waals surface area contributed by atoms with E-state index in [2.05, 4.69) is 181 Å². The highest BCUT2D eigenvalue weighted by atomic mass is 32.1. The first kappa shape index (κ1) is 32.7. The molecule has 3 heterocycles. The first-order valence-corrected chi connectivity index (χ1v) is 19.3. The van der Waals surface area contributed by atoms with Gasteiger partial charge < -0.3 is 5.32 Å². The van der Waals surface area contributed by atoms with Crippen molar-refractivity contribution in [2.24, 2.45) is 4.99 Å². The lowest BCUT2D eigenvalue weighted by Crippen LogP contribution is -2.25. The van der Waals surface area contributed by atoms with Crippen molar-refractivity contribution in [2.45, 2.75) is 6.17 Å². The summed E-state index contributed by atoms with van der Waals surface area (Å²) in [5.41, 5.74) is 12.6. The monoisotopic (exact) mass is 722 g/mol. The molecule has 260 valence electrons. The molecule has 0 aliphatic carbocycles. The van der Waals surface area contributed by atoms with Crippen LogP contribution in [-0.4, -0.2) is 15.7 Å². The highest BCUT2D eigenvalue weighted by molar-refractivity contribution is 7.25. The molecule has 7 aromatic carbocycles. The normalized spacial score (nSPS) is 14.0. The van der Waals surface area contributed by atoms with E-state index in [-0.39, 0.29) is 6.17 Å². The Morgan fingerprint density at radius 1 is 0.455 bits per heavy atom. The average Bonchev–Trinajstić information content (AvgIpc) is 3.66. The number of nitrogens with zero attached hydrogens (tertiary/aromatic N) is 3. The van der Waals surface area contributed by atoms with Crippen LogP contribution in [0.4, 0.5) is 0 Å². The van der Waals surface area contributed by atoms with Crippen LogP contribution in [0, 0.1) is 0 Å². The second-order valence-corrected chi connectivity index (χ2v) is 14.7. The smallest absolute Gasteiger partial charge is 0.161 e. The van der Waals surface area contributed by atoms with Crippen molar-refractivity contribution in [2.75, 3.05) is 0 Å². The maximum Gasteiger partial charge on any atom is 0.161 e. The van der Waals surface area contributed by atoms with Crippen molar-refractivity contribution in [3.8, 4) is 44.9 Å². The lowest BCUT2D eigenvalue weighted by Gasteiger charge is -2.26. The molecule has 4 nitrogen and oxygen atoms in total. The zero-order valence-electron chi connectivity index (χ0n) is 29.8. The fourth-order valence-corrected chi connectivity index (χ4v) is 8.49. The molecule has 1 aliphatic heterocycles. The number of allylic oxidation sites excluding steroid dienone is 1. The molecule has 9 aromatic rings. The molecule has 1 N–H and O–H groups in total. The average molecular weight is 723 g/mol. The molecule has 2 aromatic heterocycles. The summed E-state index contributed by atoms with van der Waals surface area (Å²) in [6, 6.07) is 65.9. The molecule has 0 saturated carbocycles. The fraction of sp³-hybridized carbons (Fsp3) is 0.0200. The molecule has 0 spiro atoms. The molecular formula is C50H34N4S. The molecule has 0 radical (unpaired) electrons. The molecule has 0 amide bonds. The molecule has 0 fully saturated rings. The van der Waals surface area contributed by atoms with Crippen LogP contribution in [0.2, 0.25) is 0 Å². The Labute approximate surface area is 323 Å². The maximum atomic E-state index is 5.40. The Kier molecular flexibility index (Phi) is 8.39. The fourth-order valence-electron chi connectivity index (χ4n) is 7.41. The predicted octanol–water partition coefficient (Wildman–Crippen LogP) is 12.6. The van der Waals surface area contributed by atoms with Crippen LogP contribution in [0.1, 0.15) is 22.9 Å². The zero-order chi connectivity index (χ0) is 36.6. The van der Waals surface area contributed by atoms with E-state index in [0.717, 1.165) is 71.8 Å². The SMILES string of the molecule is C1=C(c2ccccc2)NC(c2cc(-c3cccc(-c4ccccc4)c3)cc(-c3nc(-c4ccccc4)c4c(n3)sc3ccccc34)c2)N=C1c1ccccc1. The lowest BCUT2D eigenvalue weighted by molar-refractivity contribution is 0.664. The Bertz CT molecular complexity index is 2880. The Morgan fingerprint density at radius 3 is 1.75 bits per heavy atom. The number of nitrogens with one attached hydrogen (secondary N) is 1. The van der Waals surface area contributed by atoms with Crippen LogP contribution in [0.3, 0.4) is 0 Å².